The zero-order valence-corrected chi connectivity index (χ0v) is 16.1. The number of benzene rings is 2. The molecule has 2 unspecified atom stereocenters. The Morgan fingerprint density at radius 1 is 0.704 bits per heavy atom. The maximum atomic E-state index is 10.3. The maximum absolute atomic E-state index is 10.3. The molecule has 2 atom stereocenters. The Labute approximate surface area is 159 Å². The van der Waals surface area contributed by atoms with Crippen LogP contribution >= 0.6 is 0 Å². The number of hydrogen-bond acceptors (Lipinski definition) is 4. The molecule has 2 aromatic rings. The van der Waals surface area contributed by atoms with Gasteiger partial charge in [-0.05, 0) is 58.4 Å². The van der Waals surface area contributed by atoms with Crippen LogP contribution in [0.5, 0.6) is 0 Å². The van der Waals surface area contributed by atoms with Crippen molar-refractivity contribution < 1.29 is 30.0 Å². The van der Waals surface area contributed by atoms with Crippen molar-refractivity contribution in [1.29, 1.82) is 0 Å². The molecular weight excluding hydrogens is 348 g/mol. The molecule has 6 nitrogen and oxygen atoms in total. The highest BCUT2D eigenvalue weighted by Gasteiger charge is 2.00. The smallest absolute Gasteiger partial charge is 0.335 e. The minimum absolute atomic E-state index is 0.339. The van der Waals surface area contributed by atoms with Gasteiger partial charge in [-0.15, -0.1) is 0 Å². The van der Waals surface area contributed by atoms with Gasteiger partial charge in [-0.25, -0.2) is 9.59 Å². The molecule has 0 spiro atoms. The summed E-state index contributed by atoms with van der Waals surface area (Å²) in [6, 6.07) is 13.5. The average Bonchev–Trinajstić information content (AvgIpc) is 2.55. The normalized spacial score (nSPS) is 11.8. The molecule has 0 amide bonds. The van der Waals surface area contributed by atoms with Gasteiger partial charge in [0, 0.05) is 0 Å². The summed E-state index contributed by atoms with van der Waals surface area (Å²) in [7, 11) is 0. The predicted octanol–water partition coefficient (Wildman–Crippen LogP) is 3.52. The van der Waals surface area contributed by atoms with Gasteiger partial charge < -0.3 is 20.4 Å². The lowest BCUT2D eigenvalue weighted by molar-refractivity contribution is 0.0686. The van der Waals surface area contributed by atoms with Crippen LogP contribution < -0.4 is 0 Å². The van der Waals surface area contributed by atoms with Gasteiger partial charge in [0.05, 0.1) is 23.3 Å². The van der Waals surface area contributed by atoms with Gasteiger partial charge in [0.15, 0.2) is 0 Å². The molecule has 0 aromatic heterocycles. The highest BCUT2D eigenvalue weighted by Crippen LogP contribution is 2.02. The lowest BCUT2D eigenvalue weighted by Crippen LogP contribution is -2.10. The third-order valence-electron chi connectivity index (χ3n) is 3.28. The van der Waals surface area contributed by atoms with E-state index in [-0.39, 0.29) is 12.2 Å². The highest BCUT2D eigenvalue weighted by atomic mass is 16.4. The Kier molecular flexibility index (Phi) is 11.4. The number of carbonyl (C=O) groups is 2. The third-order valence-corrected chi connectivity index (χ3v) is 3.28. The van der Waals surface area contributed by atoms with Crippen LogP contribution in [0.15, 0.2) is 48.5 Å². The van der Waals surface area contributed by atoms with E-state index in [2.05, 4.69) is 0 Å². The summed E-state index contributed by atoms with van der Waals surface area (Å²) in [4.78, 5) is 20.6. The largest absolute Gasteiger partial charge is 0.478 e. The molecule has 0 bridgehead atoms. The van der Waals surface area contributed by atoms with Gasteiger partial charge in [0.1, 0.15) is 0 Å². The van der Waals surface area contributed by atoms with E-state index >= 15 is 0 Å². The van der Waals surface area contributed by atoms with Gasteiger partial charge in [0.25, 0.3) is 0 Å². The molecule has 0 saturated heterocycles. The molecule has 0 aliphatic rings. The van der Waals surface area contributed by atoms with Crippen molar-refractivity contribution in [2.24, 2.45) is 0 Å². The van der Waals surface area contributed by atoms with Gasteiger partial charge in [-0.2, -0.15) is 0 Å². The van der Waals surface area contributed by atoms with E-state index in [0.29, 0.717) is 17.5 Å². The van der Waals surface area contributed by atoms with Crippen LogP contribution in [0, 0.1) is 13.8 Å². The molecule has 0 saturated carbocycles. The summed E-state index contributed by atoms with van der Waals surface area (Å²) in [6.07, 6.45) is -0.278. The fourth-order valence-electron chi connectivity index (χ4n) is 1.89. The second-order valence-corrected chi connectivity index (χ2v) is 6.28. The number of aryl methyl sites for hydroxylation is 2. The number of aromatic carboxylic acids is 2. The van der Waals surface area contributed by atoms with Crippen molar-refractivity contribution in [3.63, 3.8) is 0 Å². The van der Waals surface area contributed by atoms with Crippen LogP contribution in [0.1, 0.15) is 52.1 Å². The number of rotatable bonds is 4. The fourth-order valence-corrected chi connectivity index (χ4v) is 1.89. The maximum Gasteiger partial charge on any atom is 0.335 e. The standard InChI is InChI=1S/2C8H8O2.C5H12O2/c2*1-6-2-4-7(5-3-6)8(9)10;1-4(6)3-5(2)7/h2*2-5H,1H3,(H,9,10);4-7H,3H2,1-2H3. The first-order valence-corrected chi connectivity index (χ1v) is 8.49. The highest BCUT2D eigenvalue weighted by molar-refractivity contribution is 5.87. The Balaban J connectivity index is 0.000000384. The predicted molar refractivity (Wildman–Crippen MR) is 104 cm³/mol. The van der Waals surface area contributed by atoms with Crippen molar-refractivity contribution in [2.45, 2.75) is 46.3 Å². The number of carboxylic acids is 2. The molecular formula is C21H28O6. The van der Waals surface area contributed by atoms with Crippen LogP contribution in [0.25, 0.3) is 0 Å². The molecule has 0 fully saturated rings. The summed E-state index contributed by atoms with van der Waals surface area (Å²) < 4.78 is 0. The number of hydrogen-bond donors (Lipinski definition) is 4. The second-order valence-electron chi connectivity index (χ2n) is 6.28. The summed E-state index contributed by atoms with van der Waals surface area (Å²) >= 11 is 0. The van der Waals surface area contributed by atoms with Crippen LogP contribution in [0.3, 0.4) is 0 Å². The lowest BCUT2D eigenvalue weighted by Gasteiger charge is -2.04. The minimum Gasteiger partial charge on any atom is -0.478 e. The third kappa shape index (κ3) is 12.3. The minimum atomic E-state index is -0.875. The molecule has 0 heterocycles. The second kappa shape index (κ2) is 12.6. The Bertz CT molecular complexity index is 626. The SMILES string of the molecule is CC(O)CC(C)O.Cc1ccc(C(=O)O)cc1.Cc1ccc(C(=O)O)cc1. The zero-order chi connectivity index (χ0) is 21.0. The molecule has 0 aliphatic carbocycles. The van der Waals surface area contributed by atoms with E-state index in [0.717, 1.165) is 11.1 Å². The monoisotopic (exact) mass is 376 g/mol. The lowest BCUT2D eigenvalue weighted by atomic mass is 10.2. The van der Waals surface area contributed by atoms with E-state index in [9.17, 15) is 9.59 Å². The fraction of sp³-hybridized carbons (Fsp3) is 0.333. The summed E-state index contributed by atoms with van der Waals surface area (Å²) in [5.41, 5.74) is 2.83. The van der Waals surface area contributed by atoms with Crippen LogP contribution in [0.2, 0.25) is 0 Å². The molecule has 4 N–H and O–H groups in total. The van der Waals surface area contributed by atoms with E-state index in [1.807, 2.05) is 13.8 Å². The Hall–Kier alpha value is -2.70. The molecule has 2 rings (SSSR count). The van der Waals surface area contributed by atoms with Gasteiger partial charge in [0.2, 0.25) is 0 Å². The van der Waals surface area contributed by atoms with Crippen molar-refractivity contribution in [1.82, 2.24) is 0 Å². The van der Waals surface area contributed by atoms with Crippen molar-refractivity contribution in [3.8, 4) is 0 Å². The summed E-state index contributed by atoms with van der Waals surface area (Å²) in [6.45, 7) is 7.16. The van der Waals surface area contributed by atoms with Gasteiger partial charge >= 0.3 is 11.9 Å². The van der Waals surface area contributed by atoms with E-state index in [1.54, 1.807) is 62.4 Å². The molecule has 2 aromatic carbocycles. The van der Waals surface area contributed by atoms with Gasteiger partial charge in [-0.1, -0.05) is 35.4 Å². The van der Waals surface area contributed by atoms with E-state index in [4.69, 9.17) is 20.4 Å². The number of aliphatic hydroxyl groups is 2. The van der Waals surface area contributed by atoms with E-state index < -0.39 is 11.9 Å². The average molecular weight is 376 g/mol. The zero-order valence-electron chi connectivity index (χ0n) is 16.1. The first-order chi connectivity index (χ1) is 12.5. The Morgan fingerprint density at radius 2 is 0.963 bits per heavy atom. The quantitative estimate of drug-likeness (QED) is 0.649. The summed E-state index contributed by atoms with van der Waals surface area (Å²) in [5.74, 6) is -1.75. The van der Waals surface area contributed by atoms with Crippen LogP contribution in [0.4, 0.5) is 0 Å². The molecule has 0 radical (unpaired) electrons. The summed E-state index contributed by atoms with van der Waals surface area (Å²) in [5, 5.41) is 34.1. The van der Waals surface area contributed by atoms with Crippen molar-refractivity contribution >= 4 is 11.9 Å². The van der Waals surface area contributed by atoms with E-state index in [1.165, 1.54) is 0 Å². The van der Waals surface area contributed by atoms with Crippen molar-refractivity contribution in [2.75, 3.05) is 0 Å². The molecule has 148 valence electrons. The van der Waals surface area contributed by atoms with Crippen LogP contribution in [-0.2, 0) is 0 Å². The molecule has 0 aliphatic heterocycles. The first kappa shape index (κ1) is 24.3. The Morgan fingerprint density at radius 3 is 1.11 bits per heavy atom. The first-order valence-electron chi connectivity index (χ1n) is 8.49. The topological polar surface area (TPSA) is 115 Å². The molecule has 27 heavy (non-hydrogen) atoms. The van der Waals surface area contributed by atoms with Gasteiger partial charge in [-0.3, -0.25) is 0 Å². The number of aliphatic hydroxyl groups excluding tert-OH is 2. The van der Waals surface area contributed by atoms with Crippen LogP contribution in [-0.4, -0.2) is 44.6 Å². The number of carboxylic acid groups (broad SMARTS) is 2. The molecule has 6 heteroatoms. The van der Waals surface area contributed by atoms with Crippen molar-refractivity contribution in [3.05, 3.63) is 70.8 Å².